The summed E-state index contributed by atoms with van der Waals surface area (Å²) in [5.74, 6) is -0.694. The first kappa shape index (κ1) is 15.9. The van der Waals surface area contributed by atoms with E-state index in [0.717, 1.165) is 17.7 Å². The highest BCUT2D eigenvalue weighted by Gasteiger charge is 2.29. The Morgan fingerprint density at radius 1 is 1.14 bits per heavy atom. The number of ether oxygens (including phenoxy) is 1. The number of aryl methyl sites for hydroxylation is 1. The van der Waals surface area contributed by atoms with Crippen LogP contribution >= 0.6 is 0 Å². The molecule has 22 heavy (non-hydrogen) atoms. The van der Waals surface area contributed by atoms with Crippen molar-refractivity contribution >= 4 is 5.97 Å². The third kappa shape index (κ3) is 3.78. The van der Waals surface area contributed by atoms with Gasteiger partial charge < -0.3 is 9.84 Å². The van der Waals surface area contributed by atoms with Gasteiger partial charge in [-0.25, -0.2) is 4.79 Å². The molecule has 0 fully saturated rings. The third-order valence-electron chi connectivity index (χ3n) is 3.11. The number of carboxylic acids is 1. The summed E-state index contributed by atoms with van der Waals surface area (Å²) in [6.07, 6.45) is -4.37. The molecule has 0 aliphatic carbocycles. The Hall–Kier alpha value is -2.50. The van der Waals surface area contributed by atoms with Gasteiger partial charge in [-0.1, -0.05) is 12.1 Å². The van der Waals surface area contributed by atoms with Crippen molar-refractivity contribution in [3.8, 4) is 5.75 Å². The fourth-order valence-electron chi connectivity index (χ4n) is 1.96. The molecule has 0 spiro atoms. The molecule has 0 aromatic heterocycles. The number of aromatic carboxylic acids is 1. The molecule has 0 atom stereocenters. The zero-order valence-electron chi connectivity index (χ0n) is 11.6. The van der Waals surface area contributed by atoms with E-state index < -0.39 is 17.7 Å². The summed E-state index contributed by atoms with van der Waals surface area (Å²) in [5.41, 5.74) is 0.809. The van der Waals surface area contributed by atoms with Crippen LogP contribution in [0.2, 0.25) is 0 Å². The Bertz CT molecular complexity index is 676. The Labute approximate surface area is 125 Å². The molecule has 2 aromatic rings. The number of halogens is 3. The largest absolute Gasteiger partial charge is 0.489 e. The molecule has 2 rings (SSSR count). The molecule has 6 heteroatoms. The summed E-state index contributed by atoms with van der Waals surface area (Å²) in [5, 5.41) is 8.93. The van der Waals surface area contributed by atoms with Crippen molar-refractivity contribution in [2.24, 2.45) is 0 Å². The van der Waals surface area contributed by atoms with Crippen LogP contribution in [-0.4, -0.2) is 11.1 Å². The van der Waals surface area contributed by atoms with Crippen molar-refractivity contribution in [1.29, 1.82) is 0 Å². The molecule has 0 bridgehead atoms. The molecule has 0 aliphatic heterocycles. The van der Waals surface area contributed by atoms with Crippen LogP contribution in [0.4, 0.5) is 13.2 Å². The van der Waals surface area contributed by atoms with Crippen molar-refractivity contribution in [2.45, 2.75) is 19.7 Å². The molecule has 0 saturated carbocycles. The number of hydrogen-bond acceptors (Lipinski definition) is 2. The number of carboxylic acid groups (broad SMARTS) is 1. The van der Waals surface area contributed by atoms with E-state index in [0.29, 0.717) is 11.3 Å². The predicted molar refractivity (Wildman–Crippen MR) is 73.9 cm³/mol. The van der Waals surface area contributed by atoms with Gasteiger partial charge in [0.15, 0.2) is 0 Å². The third-order valence-corrected chi connectivity index (χ3v) is 3.11. The molecule has 116 valence electrons. The van der Waals surface area contributed by atoms with Gasteiger partial charge in [0, 0.05) is 0 Å². The second-order valence-corrected chi connectivity index (χ2v) is 4.77. The zero-order chi connectivity index (χ0) is 16.3. The second kappa shape index (κ2) is 6.09. The van der Waals surface area contributed by atoms with Crippen molar-refractivity contribution < 1.29 is 27.8 Å². The van der Waals surface area contributed by atoms with Gasteiger partial charge in [0.25, 0.3) is 0 Å². The minimum atomic E-state index is -4.37. The van der Waals surface area contributed by atoms with E-state index in [2.05, 4.69) is 0 Å². The van der Waals surface area contributed by atoms with Crippen LogP contribution in [0.5, 0.6) is 5.75 Å². The first-order valence-corrected chi connectivity index (χ1v) is 6.40. The molecule has 0 aliphatic rings. The van der Waals surface area contributed by atoms with Gasteiger partial charge in [0.2, 0.25) is 0 Å². The van der Waals surface area contributed by atoms with Gasteiger partial charge in [-0.05, 0) is 48.4 Å². The standard InChI is InChI=1S/C16H13F3O3/c1-10-8-11(2-7-14(10)15(20)21)9-22-13-5-3-12(4-6-13)16(17,18)19/h2-8H,9H2,1H3,(H,20,21). The molecule has 1 N–H and O–H groups in total. The van der Waals surface area contributed by atoms with Gasteiger partial charge in [-0.2, -0.15) is 13.2 Å². The summed E-state index contributed by atoms with van der Waals surface area (Å²) < 4.78 is 42.7. The molecule has 3 nitrogen and oxygen atoms in total. The van der Waals surface area contributed by atoms with Gasteiger partial charge in [0.1, 0.15) is 12.4 Å². The average Bonchev–Trinajstić information content (AvgIpc) is 2.44. The van der Waals surface area contributed by atoms with Crippen molar-refractivity contribution in [3.63, 3.8) is 0 Å². The predicted octanol–water partition coefficient (Wildman–Crippen LogP) is 4.29. The minimum Gasteiger partial charge on any atom is -0.489 e. The molecule has 0 unspecified atom stereocenters. The lowest BCUT2D eigenvalue weighted by molar-refractivity contribution is -0.137. The monoisotopic (exact) mass is 310 g/mol. The Kier molecular flexibility index (Phi) is 4.40. The van der Waals surface area contributed by atoms with Gasteiger partial charge in [-0.15, -0.1) is 0 Å². The molecular weight excluding hydrogens is 297 g/mol. The number of alkyl halides is 3. The van der Waals surface area contributed by atoms with Crippen molar-refractivity contribution in [3.05, 3.63) is 64.7 Å². The lowest BCUT2D eigenvalue weighted by Gasteiger charge is -2.10. The zero-order valence-corrected chi connectivity index (χ0v) is 11.6. The highest BCUT2D eigenvalue weighted by atomic mass is 19.4. The van der Waals surface area contributed by atoms with Crippen molar-refractivity contribution in [2.75, 3.05) is 0 Å². The normalized spacial score (nSPS) is 11.3. The lowest BCUT2D eigenvalue weighted by Crippen LogP contribution is -2.05. The summed E-state index contributed by atoms with van der Waals surface area (Å²) >= 11 is 0. The summed E-state index contributed by atoms with van der Waals surface area (Å²) in [6, 6.07) is 9.17. The quantitative estimate of drug-likeness (QED) is 0.916. The van der Waals surface area contributed by atoms with Crippen LogP contribution in [0, 0.1) is 6.92 Å². The van der Waals surface area contributed by atoms with E-state index in [1.165, 1.54) is 18.2 Å². The van der Waals surface area contributed by atoms with E-state index in [1.54, 1.807) is 19.1 Å². The van der Waals surface area contributed by atoms with Crippen LogP contribution < -0.4 is 4.74 Å². The molecule has 0 radical (unpaired) electrons. The average molecular weight is 310 g/mol. The topological polar surface area (TPSA) is 46.5 Å². The van der Waals surface area contributed by atoms with E-state index in [-0.39, 0.29) is 12.2 Å². The summed E-state index contributed by atoms with van der Waals surface area (Å²) in [4.78, 5) is 10.9. The Morgan fingerprint density at radius 3 is 2.27 bits per heavy atom. The van der Waals surface area contributed by atoms with Crippen molar-refractivity contribution in [1.82, 2.24) is 0 Å². The Morgan fingerprint density at radius 2 is 1.77 bits per heavy atom. The maximum atomic E-state index is 12.4. The highest BCUT2D eigenvalue weighted by molar-refractivity contribution is 5.89. The molecule has 2 aromatic carbocycles. The lowest BCUT2D eigenvalue weighted by atomic mass is 10.1. The fraction of sp³-hybridized carbons (Fsp3) is 0.188. The SMILES string of the molecule is Cc1cc(COc2ccc(C(F)(F)F)cc2)ccc1C(=O)O. The summed E-state index contributed by atoms with van der Waals surface area (Å²) in [6.45, 7) is 1.82. The smallest absolute Gasteiger partial charge is 0.416 e. The highest BCUT2D eigenvalue weighted by Crippen LogP contribution is 2.30. The Balaban J connectivity index is 2.04. The first-order chi connectivity index (χ1) is 10.3. The number of rotatable bonds is 4. The van der Waals surface area contributed by atoms with Gasteiger partial charge in [-0.3, -0.25) is 0 Å². The second-order valence-electron chi connectivity index (χ2n) is 4.77. The van der Waals surface area contributed by atoms with Gasteiger partial charge in [0.05, 0.1) is 11.1 Å². The van der Waals surface area contributed by atoms with Crippen LogP contribution in [0.1, 0.15) is 27.0 Å². The minimum absolute atomic E-state index is 0.145. The fourth-order valence-corrected chi connectivity index (χ4v) is 1.96. The van der Waals surface area contributed by atoms with E-state index in [4.69, 9.17) is 9.84 Å². The number of carbonyl (C=O) groups is 1. The maximum absolute atomic E-state index is 12.4. The molecule has 0 saturated heterocycles. The molecule has 0 heterocycles. The number of hydrogen-bond donors (Lipinski definition) is 1. The molecule has 0 amide bonds. The van der Waals surface area contributed by atoms with Crippen LogP contribution in [0.25, 0.3) is 0 Å². The molecular formula is C16H13F3O3. The van der Waals surface area contributed by atoms with E-state index in [9.17, 15) is 18.0 Å². The van der Waals surface area contributed by atoms with Crippen LogP contribution in [0.3, 0.4) is 0 Å². The maximum Gasteiger partial charge on any atom is 0.416 e. The van der Waals surface area contributed by atoms with E-state index in [1.807, 2.05) is 0 Å². The number of benzene rings is 2. The summed E-state index contributed by atoms with van der Waals surface area (Å²) in [7, 11) is 0. The first-order valence-electron chi connectivity index (χ1n) is 6.40. The van der Waals surface area contributed by atoms with E-state index >= 15 is 0 Å². The van der Waals surface area contributed by atoms with Gasteiger partial charge >= 0.3 is 12.1 Å². The van der Waals surface area contributed by atoms with Crippen LogP contribution in [-0.2, 0) is 12.8 Å². The van der Waals surface area contributed by atoms with Crippen LogP contribution in [0.15, 0.2) is 42.5 Å².